The lowest BCUT2D eigenvalue weighted by Gasteiger charge is -2.39. The van der Waals surface area contributed by atoms with Gasteiger partial charge in [-0.15, -0.1) is 0 Å². The predicted molar refractivity (Wildman–Crippen MR) is 113 cm³/mol. The van der Waals surface area contributed by atoms with E-state index in [0.717, 1.165) is 50.1 Å². The summed E-state index contributed by atoms with van der Waals surface area (Å²) in [6.45, 7) is 7.53. The van der Waals surface area contributed by atoms with Crippen LogP contribution in [0.4, 0.5) is 0 Å². The molecule has 0 aliphatic carbocycles. The summed E-state index contributed by atoms with van der Waals surface area (Å²) < 4.78 is 5.19. The number of piperazine rings is 1. The number of carbonyl (C=O) groups excluding carboxylic acids is 1. The van der Waals surface area contributed by atoms with Gasteiger partial charge >= 0.3 is 0 Å². The van der Waals surface area contributed by atoms with Gasteiger partial charge in [0, 0.05) is 24.0 Å². The molecule has 154 valence electrons. The Morgan fingerprint density at radius 2 is 1.62 bits per heavy atom. The van der Waals surface area contributed by atoms with Crippen LogP contribution in [0.2, 0.25) is 0 Å². The monoisotopic (exact) mass is 395 g/mol. The quantitative estimate of drug-likeness (QED) is 0.764. The first-order chi connectivity index (χ1) is 14.2. The van der Waals surface area contributed by atoms with Gasteiger partial charge in [-0.2, -0.15) is 0 Å². The first kappa shape index (κ1) is 19.9. The molecule has 2 aromatic carbocycles. The number of benzene rings is 2. The van der Waals surface area contributed by atoms with Crippen LogP contribution in [0.1, 0.15) is 28.8 Å². The van der Waals surface area contributed by atoms with Gasteiger partial charge in [0.2, 0.25) is 0 Å². The number of amides is 1. The second kappa shape index (κ2) is 9.42. The molecule has 2 heterocycles. The van der Waals surface area contributed by atoms with Crippen molar-refractivity contribution in [3.05, 3.63) is 65.7 Å². The average Bonchev–Trinajstić information content (AvgIpc) is 2.80. The minimum atomic E-state index is 0.147. The Kier molecular flexibility index (Phi) is 6.47. The molecule has 0 radical (unpaired) electrons. The van der Waals surface area contributed by atoms with E-state index in [1.165, 1.54) is 31.5 Å². The van der Waals surface area contributed by atoms with Crippen LogP contribution in [0.5, 0.6) is 5.75 Å². The molecule has 2 aliphatic heterocycles. The maximum atomic E-state index is 12.8. The van der Waals surface area contributed by atoms with Gasteiger partial charge in [-0.25, -0.2) is 0 Å². The largest absolute Gasteiger partial charge is 0.497 e. The molecular formula is C24H33N3O2+2. The van der Waals surface area contributed by atoms with Crippen molar-refractivity contribution in [3.63, 3.8) is 0 Å². The molecule has 0 atom stereocenters. The van der Waals surface area contributed by atoms with E-state index in [4.69, 9.17) is 4.74 Å². The van der Waals surface area contributed by atoms with Crippen LogP contribution in [0, 0.1) is 0 Å². The summed E-state index contributed by atoms with van der Waals surface area (Å²) in [6, 6.07) is 19.1. The molecule has 2 N–H and O–H groups in total. The standard InChI is InChI=1S/C24H31N3O2/c1-29-23-9-7-21(8-10-23)24(28)27-17-15-26(16-18-27)22-11-13-25(14-12-22)19-20-5-3-2-4-6-20/h2-10,22H,11-19H2,1H3/p+2. The summed E-state index contributed by atoms with van der Waals surface area (Å²) in [6.07, 6.45) is 2.59. The van der Waals surface area contributed by atoms with Crippen LogP contribution < -0.4 is 14.5 Å². The summed E-state index contributed by atoms with van der Waals surface area (Å²) in [5.41, 5.74) is 2.20. The molecular weight excluding hydrogens is 362 g/mol. The van der Waals surface area contributed by atoms with E-state index in [2.05, 4.69) is 30.3 Å². The van der Waals surface area contributed by atoms with E-state index in [1.54, 1.807) is 16.9 Å². The van der Waals surface area contributed by atoms with E-state index in [9.17, 15) is 4.79 Å². The molecule has 2 saturated heterocycles. The smallest absolute Gasteiger partial charge is 0.254 e. The van der Waals surface area contributed by atoms with Crippen LogP contribution in [0.25, 0.3) is 0 Å². The van der Waals surface area contributed by atoms with Crippen LogP contribution in [-0.2, 0) is 6.54 Å². The Balaban J connectivity index is 1.23. The number of quaternary nitrogens is 2. The number of carbonyl (C=O) groups is 1. The number of methoxy groups -OCH3 is 1. The summed E-state index contributed by atoms with van der Waals surface area (Å²) in [5, 5.41) is 0. The second-order valence-electron chi connectivity index (χ2n) is 8.37. The molecule has 4 rings (SSSR count). The third kappa shape index (κ3) is 4.98. The molecule has 2 aromatic rings. The molecule has 2 fully saturated rings. The van der Waals surface area contributed by atoms with Gasteiger partial charge < -0.3 is 19.4 Å². The molecule has 5 nitrogen and oxygen atoms in total. The number of hydrogen-bond acceptors (Lipinski definition) is 2. The highest BCUT2D eigenvalue weighted by molar-refractivity contribution is 5.94. The molecule has 1 amide bonds. The minimum absolute atomic E-state index is 0.147. The first-order valence-corrected chi connectivity index (χ1v) is 10.9. The van der Waals surface area contributed by atoms with Gasteiger partial charge in [0.25, 0.3) is 5.91 Å². The van der Waals surface area contributed by atoms with E-state index < -0.39 is 0 Å². The van der Waals surface area contributed by atoms with Crippen LogP contribution in [0.15, 0.2) is 54.6 Å². The van der Waals surface area contributed by atoms with E-state index in [1.807, 2.05) is 29.2 Å². The van der Waals surface area contributed by atoms with Gasteiger partial charge in [0.15, 0.2) is 0 Å². The van der Waals surface area contributed by atoms with Crippen molar-refractivity contribution in [2.45, 2.75) is 25.4 Å². The third-order valence-electron chi connectivity index (χ3n) is 6.60. The number of piperidine rings is 1. The van der Waals surface area contributed by atoms with Gasteiger partial charge in [-0.1, -0.05) is 30.3 Å². The lowest BCUT2D eigenvalue weighted by Crippen LogP contribution is -3.21. The lowest BCUT2D eigenvalue weighted by molar-refractivity contribution is -0.965. The summed E-state index contributed by atoms with van der Waals surface area (Å²) >= 11 is 0. The van der Waals surface area contributed by atoms with Crippen molar-refractivity contribution in [1.82, 2.24) is 4.90 Å². The number of hydrogen-bond donors (Lipinski definition) is 2. The van der Waals surface area contributed by atoms with Crippen molar-refractivity contribution in [2.24, 2.45) is 0 Å². The van der Waals surface area contributed by atoms with Crippen LogP contribution in [-0.4, -0.2) is 63.2 Å². The maximum Gasteiger partial charge on any atom is 0.254 e. The zero-order chi connectivity index (χ0) is 20.1. The van der Waals surface area contributed by atoms with Gasteiger partial charge in [0.1, 0.15) is 12.3 Å². The SMILES string of the molecule is COc1ccc(C(=O)N2CC[NH+](C3CC[NH+](Cc4ccccc4)CC3)CC2)cc1. The zero-order valence-electron chi connectivity index (χ0n) is 17.4. The normalized spacial score (nSPS) is 23.0. The Hall–Kier alpha value is -2.37. The zero-order valence-corrected chi connectivity index (χ0v) is 17.4. The van der Waals surface area contributed by atoms with Crippen molar-refractivity contribution in [2.75, 3.05) is 46.4 Å². The van der Waals surface area contributed by atoms with Crippen molar-refractivity contribution >= 4 is 5.91 Å². The summed E-state index contributed by atoms with van der Waals surface area (Å²) in [7, 11) is 1.65. The second-order valence-corrected chi connectivity index (χ2v) is 8.37. The molecule has 29 heavy (non-hydrogen) atoms. The highest BCUT2D eigenvalue weighted by atomic mass is 16.5. The Labute approximate surface area is 173 Å². The lowest BCUT2D eigenvalue weighted by atomic mass is 10.0. The Morgan fingerprint density at radius 3 is 2.24 bits per heavy atom. The van der Waals surface area contributed by atoms with Crippen molar-refractivity contribution in [3.8, 4) is 5.75 Å². The molecule has 0 spiro atoms. The predicted octanol–water partition coefficient (Wildman–Crippen LogP) is 0.283. The molecule has 5 heteroatoms. The molecule has 0 saturated carbocycles. The van der Waals surface area contributed by atoms with Crippen molar-refractivity contribution < 1.29 is 19.3 Å². The number of likely N-dealkylation sites (tertiary alicyclic amines) is 1. The van der Waals surface area contributed by atoms with Gasteiger partial charge in [-0.05, 0) is 24.3 Å². The molecule has 0 aromatic heterocycles. The first-order valence-electron chi connectivity index (χ1n) is 10.9. The van der Waals surface area contributed by atoms with E-state index in [0.29, 0.717) is 0 Å². The van der Waals surface area contributed by atoms with E-state index in [-0.39, 0.29) is 5.91 Å². The number of nitrogens with zero attached hydrogens (tertiary/aromatic N) is 1. The number of nitrogens with one attached hydrogen (secondary N) is 2. The average molecular weight is 396 g/mol. The van der Waals surface area contributed by atoms with Crippen LogP contribution in [0.3, 0.4) is 0 Å². The fraction of sp³-hybridized carbons (Fsp3) is 0.458. The minimum Gasteiger partial charge on any atom is -0.497 e. The summed E-state index contributed by atoms with van der Waals surface area (Å²) in [5.74, 6) is 0.936. The summed E-state index contributed by atoms with van der Waals surface area (Å²) in [4.78, 5) is 18.2. The highest BCUT2D eigenvalue weighted by Gasteiger charge is 2.33. The molecule has 0 unspecified atom stereocenters. The van der Waals surface area contributed by atoms with Gasteiger partial charge in [-0.3, -0.25) is 4.79 Å². The topological polar surface area (TPSA) is 38.4 Å². The van der Waals surface area contributed by atoms with E-state index >= 15 is 0 Å². The fourth-order valence-corrected chi connectivity index (χ4v) is 4.82. The number of ether oxygens (including phenoxy) is 1. The highest BCUT2D eigenvalue weighted by Crippen LogP contribution is 2.13. The van der Waals surface area contributed by atoms with Crippen molar-refractivity contribution in [1.29, 1.82) is 0 Å². The molecule has 0 bridgehead atoms. The Morgan fingerprint density at radius 1 is 0.966 bits per heavy atom. The number of rotatable bonds is 5. The third-order valence-corrected chi connectivity index (χ3v) is 6.60. The van der Waals surface area contributed by atoms with Gasteiger partial charge in [0.05, 0.1) is 52.4 Å². The maximum absolute atomic E-state index is 12.8. The molecule has 2 aliphatic rings. The fourth-order valence-electron chi connectivity index (χ4n) is 4.82. The Bertz CT molecular complexity index is 778. The van der Waals surface area contributed by atoms with Crippen LogP contribution >= 0.6 is 0 Å².